The summed E-state index contributed by atoms with van der Waals surface area (Å²) in [4.78, 5) is 0. The van der Waals surface area contributed by atoms with Crippen LogP contribution in [0.25, 0.3) is 0 Å². The molecule has 6 unspecified atom stereocenters. The first-order valence-electron chi connectivity index (χ1n) is 11.0. The van der Waals surface area contributed by atoms with Crippen LogP contribution < -0.4 is 0 Å². The Morgan fingerprint density at radius 3 is 2.12 bits per heavy atom. The highest BCUT2D eigenvalue weighted by atomic mass is 16.6. The highest BCUT2D eigenvalue weighted by Gasteiger charge is 2.42. The van der Waals surface area contributed by atoms with Crippen molar-refractivity contribution in [2.45, 2.75) is 103 Å². The van der Waals surface area contributed by atoms with Gasteiger partial charge in [-0.2, -0.15) is 0 Å². The molecule has 1 N–H and O–H groups in total. The number of aliphatic hydroxyl groups excluding tert-OH is 1. The van der Waals surface area contributed by atoms with Gasteiger partial charge in [0.25, 0.3) is 0 Å². The van der Waals surface area contributed by atoms with Crippen molar-refractivity contribution in [1.82, 2.24) is 0 Å². The average Bonchev–Trinajstić information content (AvgIpc) is 3.49. The second-order valence-corrected chi connectivity index (χ2v) is 9.48. The quantitative estimate of drug-likeness (QED) is 0.615. The molecule has 1 heterocycles. The number of epoxide rings is 1. The zero-order chi connectivity index (χ0) is 18.6. The molecule has 26 heavy (non-hydrogen) atoms. The Kier molecular flexibility index (Phi) is 7.40. The van der Waals surface area contributed by atoms with E-state index >= 15 is 0 Å². The van der Waals surface area contributed by atoms with E-state index < -0.39 is 0 Å². The zero-order valence-electron chi connectivity index (χ0n) is 17.1. The van der Waals surface area contributed by atoms with Gasteiger partial charge in [0.15, 0.2) is 0 Å². The molecule has 0 amide bonds. The summed E-state index contributed by atoms with van der Waals surface area (Å²) in [6.45, 7) is 9.15. The van der Waals surface area contributed by atoms with Crippen molar-refractivity contribution >= 4 is 0 Å². The number of rotatable bonds is 9. The minimum atomic E-state index is -0.310. The van der Waals surface area contributed by atoms with Crippen molar-refractivity contribution in [2.75, 3.05) is 19.8 Å². The van der Waals surface area contributed by atoms with Crippen LogP contribution in [0, 0.1) is 17.3 Å². The Bertz CT molecular complexity index is 420. The Hall–Kier alpha value is -0.160. The Morgan fingerprint density at radius 2 is 1.58 bits per heavy atom. The van der Waals surface area contributed by atoms with Crippen molar-refractivity contribution in [3.8, 4) is 0 Å². The van der Waals surface area contributed by atoms with Crippen LogP contribution in [-0.2, 0) is 14.2 Å². The van der Waals surface area contributed by atoms with Gasteiger partial charge in [0.2, 0.25) is 0 Å². The molecule has 2 saturated carbocycles. The molecule has 6 atom stereocenters. The van der Waals surface area contributed by atoms with Crippen LogP contribution in [0.3, 0.4) is 0 Å². The van der Waals surface area contributed by atoms with E-state index in [1.54, 1.807) is 0 Å². The molecule has 152 valence electrons. The van der Waals surface area contributed by atoms with Gasteiger partial charge >= 0.3 is 0 Å². The van der Waals surface area contributed by atoms with Crippen LogP contribution in [0.2, 0.25) is 0 Å². The SMILES string of the molecule is CCC(O)COC1CCCC(C(C)(C)C2CCCC(OCC3CO3)C2)C1. The van der Waals surface area contributed by atoms with Crippen molar-refractivity contribution < 1.29 is 19.3 Å². The summed E-state index contributed by atoms with van der Waals surface area (Å²) in [6.07, 6.45) is 11.5. The molecule has 2 aliphatic carbocycles. The van der Waals surface area contributed by atoms with E-state index in [2.05, 4.69) is 13.8 Å². The number of ether oxygens (including phenoxy) is 3. The van der Waals surface area contributed by atoms with Crippen LogP contribution in [0.5, 0.6) is 0 Å². The zero-order valence-corrected chi connectivity index (χ0v) is 17.1. The first kappa shape index (κ1) is 20.6. The van der Waals surface area contributed by atoms with Gasteiger partial charge in [0.1, 0.15) is 6.10 Å². The lowest BCUT2D eigenvalue weighted by Gasteiger charge is -2.47. The van der Waals surface area contributed by atoms with Gasteiger partial charge in [-0.1, -0.05) is 33.6 Å². The molecule has 3 aliphatic rings. The van der Waals surface area contributed by atoms with E-state index in [-0.39, 0.29) is 6.10 Å². The molecule has 4 heteroatoms. The maximum atomic E-state index is 9.79. The number of hydrogen-bond donors (Lipinski definition) is 1. The summed E-state index contributed by atoms with van der Waals surface area (Å²) in [6, 6.07) is 0. The third-order valence-electron chi connectivity index (χ3n) is 7.27. The minimum absolute atomic E-state index is 0.310. The van der Waals surface area contributed by atoms with Gasteiger partial charge in [-0.25, -0.2) is 0 Å². The van der Waals surface area contributed by atoms with E-state index in [1.165, 1.54) is 38.5 Å². The maximum absolute atomic E-state index is 9.79. The number of aliphatic hydroxyl groups is 1. The van der Waals surface area contributed by atoms with E-state index in [0.29, 0.717) is 30.3 Å². The average molecular weight is 369 g/mol. The first-order chi connectivity index (χ1) is 12.5. The van der Waals surface area contributed by atoms with E-state index in [0.717, 1.165) is 44.3 Å². The fraction of sp³-hybridized carbons (Fsp3) is 1.00. The summed E-state index contributed by atoms with van der Waals surface area (Å²) in [5.74, 6) is 1.46. The van der Waals surface area contributed by atoms with Gasteiger partial charge in [-0.15, -0.1) is 0 Å². The summed E-state index contributed by atoms with van der Waals surface area (Å²) in [5, 5.41) is 9.79. The topological polar surface area (TPSA) is 51.2 Å². The predicted octanol–water partition coefficient (Wildman–Crippen LogP) is 4.33. The molecule has 0 radical (unpaired) electrons. The third-order valence-corrected chi connectivity index (χ3v) is 7.27. The monoisotopic (exact) mass is 368 g/mol. The van der Waals surface area contributed by atoms with Gasteiger partial charge in [0.05, 0.1) is 38.1 Å². The summed E-state index contributed by atoms with van der Waals surface area (Å²) < 4.78 is 17.5. The molecule has 1 saturated heterocycles. The molecule has 3 fully saturated rings. The smallest absolute Gasteiger partial charge is 0.104 e. The van der Waals surface area contributed by atoms with Crippen LogP contribution in [0.15, 0.2) is 0 Å². The Morgan fingerprint density at radius 1 is 1.00 bits per heavy atom. The second-order valence-electron chi connectivity index (χ2n) is 9.48. The predicted molar refractivity (Wildman–Crippen MR) is 103 cm³/mol. The van der Waals surface area contributed by atoms with Crippen molar-refractivity contribution in [2.24, 2.45) is 17.3 Å². The molecule has 3 rings (SSSR count). The van der Waals surface area contributed by atoms with Crippen molar-refractivity contribution in [1.29, 1.82) is 0 Å². The Balaban J connectivity index is 1.50. The summed E-state index contributed by atoms with van der Waals surface area (Å²) in [5.41, 5.74) is 0.337. The van der Waals surface area contributed by atoms with E-state index in [1.807, 2.05) is 6.92 Å². The molecule has 0 aromatic heterocycles. The van der Waals surface area contributed by atoms with Crippen LogP contribution in [0.1, 0.15) is 78.6 Å². The lowest BCUT2D eigenvalue weighted by molar-refractivity contribution is -0.0678. The third kappa shape index (κ3) is 5.67. The molecular weight excluding hydrogens is 328 g/mol. The normalized spacial score (nSPS) is 36.7. The molecule has 0 aromatic carbocycles. The van der Waals surface area contributed by atoms with Gasteiger partial charge < -0.3 is 19.3 Å². The lowest BCUT2D eigenvalue weighted by Crippen LogP contribution is -2.41. The van der Waals surface area contributed by atoms with Crippen molar-refractivity contribution in [3.63, 3.8) is 0 Å². The first-order valence-corrected chi connectivity index (χ1v) is 11.0. The minimum Gasteiger partial charge on any atom is -0.391 e. The standard InChI is InChI=1S/C22H40O4/c1-4-18(23)13-24-19-9-5-7-16(11-19)22(2,3)17-8-6-10-20(12-17)25-14-21-15-26-21/h16-21,23H,4-15H2,1-3H3. The molecule has 0 spiro atoms. The second kappa shape index (κ2) is 9.36. The fourth-order valence-corrected chi connectivity index (χ4v) is 5.05. The van der Waals surface area contributed by atoms with Crippen LogP contribution in [-0.4, -0.2) is 49.3 Å². The largest absolute Gasteiger partial charge is 0.391 e. The molecule has 1 aliphatic heterocycles. The number of hydrogen-bond acceptors (Lipinski definition) is 4. The van der Waals surface area contributed by atoms with Gasteiger partial charge in [-0.05, 0) is 62.2 Å². The van der Waals surface area contributed by atoms with Gasteiger partial charge in [-0.3, -0.25) is 0 Å². The van der Waals surface area contributed by atoms with E-state index in [9.17, 15) is 5.11 Å². The summed E-state index contributed by atoms with van der Waals surface area (Å²) >= 11 is 0. The highest BCUT2D eigenvalue weighted by molar-refractivity contribution is 4.92. The maximum Gasteiger partial charge on any atom is 0.104 e. The summed E-state index contributed by atoms with van der Waals surface area (Å²) in [7, 11) is 0. The van der Waals surface area contributed by atoms with Crippen LogP contribution >= 0.6 is 0 Å². The van der Waals surface area contributed by atoms with E-state index in [4.69, 9.17) is 14.2 Å². The highest BCUT2D eigenvalue weighted by Crippen LogP contribution is 2.49. The van der Waals surface area contributed by atoms with Crippen molar-refractivity contribution in [3.05, 3.63) is 0 Å². The molecule has 0 bridgehead atoms. The van der Waals surface area contributed by atoms with Gasteiger partial charge in [0, 0.05) is 0 Å². The fourth-order valence-electron chi connectivity index (χ4n) is 5.05. The van der Waals surface area contributed by atoms with Crippen LogP contribution in [0.4, 0.5) is 0 Å². The molecular formula is C22H40O4. The molecule has 0 aromatic rings. The lowest BCUT2D eigenvalue weighted by atomic mass is 9.60. The Labute approximate surface area is 160 Å². The molecule has 4 nitrogen and oxygen atoms in total.